The van der Waals surface area contributed by atoms with Crippen molar-refractivity contribution in [1.29, 1.82) is 0 Å². The van der Waals surface area contributed by atoms with E-state index in [1.807, 2.05) is 0 Å². The molecule has 3 heterocycles. The van der Waals surface area contributed by atoms with Crippen molar-refractivity contribution in [3.8, 4) is 11.1 Å². The molecule has 0 N–H and O–H groups in total. The lowest BCUT2D eigenvalue weighted by atomic mass is 10.0. The molecule has 2 aromatic heterocycles. The van der Waals surface area contributed by atoms with Crippen molar-refractivity contribution in [2.75, 3.05) is 33.8 Å². The average Bonchev–Trinajstić information content (AvgIpc) is 2.67. The summed E-state index contributed by atoms with van der Waals surface area (Å²) in [7, 11) is 3.35. The molecule has 2 aromatic rings. The zero-order valence-corrected chi connectivity index (χ0v) is 15.0. The number of carbonyl (C=O) groups excluding carboxylic acids is 2. The van der Waals surface area contributed by atoms with Gasteiger partial charge in [-0.1, -0.05) is 0 Å². The Kier molecular flexibility index (Phi) is 4.94. The summed E-state index contributed by atoms with van der Waals surface area (Å²) in [6.45, 7) is 2.64. The number of carbonyl (C=O) groups is 2. The van der Waals surface area contributed by atoms with Crippen LogP contribution in [-0.2, 0) is 9.53 Å². The number of hydrogen-bond acceptors (Lipinski definition) is 6. The van der Waals surface area contributed by atoms with Crippen LogP contribution in [0.5, 0.6) is 0 Å². The number of morpholine rings is 1. The molecule has 1 fully saturated rings. The highest BCUT2D eigenvalue weighted by Crippen LogP contribution is 2.23. The molecule has 0 radical (unpaired) electrons. The Hall–Kier alpha value is -2.87. The standard InChI is InChI=1S/C18H21N5O3/c1-18(17(25)22(2)3)11-23(4-5-26-18)16(24)14-6-13(7-19-8-14)15-9-20-12-21-10-15/h6-10,12H,4-5,11H2,1-3H3/t18-/m1/s1. The molecule has 0 spiro atoms. The Morgan fingerprint density at radius 3 is 2.50 bits per heavy atom. The van der Waals surface area contributed by atoms with E-state index in [1.54, 1.807) is 50.6 Å². The molecule has 26 heavy (non-hydrogen) atoms. The molecular weight excluding hydrogens is 334 g/mol. The van der Waals surface area contributed by atoms with E-state index < -0.39 is 5.60 Å². The van der Waals surface area contributed by atoms with Gasteiger partial charge in [0, 0.05) is 56.6 Å². The fourth-order valence-electron chi connectivity index (χ4n) is 2.99. The quantitative estimate of drug-likeness (QED) is 0.811. The van der Waals surface area contributed by atoms with E-state index in [-0.39, 0.29) is 18.4 Å². The van der Waals surface area contributed by atoms with Crippen LogP contribution in [-0.4, -0.2) is 76.0 Å². The third-order valence-corrected chi connectivity index (χ3v) is 4.30. The maximum Gasteiger partial charge on any atom is 0.255 e. The number of aromatic nitrogens is 3. The summed E-state index contributed by atoms with van der Waals surface area (Å²) < 4.78 is 5.68. The molecule has 1 aliphatic rings. The predicted molar refractivity (Wildman–Crippen MR) is 94.2 cm³/mol. The summed E-state index contributed by atoms with van der Waals surface area (Å²) in [5.74, 6) is -0.347. The summed E-state index contributed by atoms with van der Waals surface area (Å²) in [4.78, 5) is 40.6. The summed E-state index contributed by atoms with van der Waals surface area (Å²) in [5, 5.41) is 0. The van der Waals surface area contributed by atoms with Crippen LogP contribution >= 0.6 is 0 Å². The van der Waals surface area contributed by atoms with Crippen LogP contribution in [0.2, 0.25) is 0 Å². The van der Waals surface area contributed by atoms with Gasteiger partial charge in [0.15, 0.2) is 5.60 Å². The minimum atomic E-state index is -1.05. The molecule has 1 saturated heterocycles. The largest absolute Gasteiger partial charge is 0.362 e. The lowest BCUT2D eigenvalue weighted by Crippen LogP contribution is -2.59. The van der Waals surface area contributed by atoms with Crippen LogP contribution in [0.25, 0.3) is 11.1 Å². The van der Waals surface area contributed by atoms with Gasteiger partial charge in [-0.3, -0.25) is 14.6 Å². The van der Waals surface area contributed by atoms with Gasteiger partial charge in [-0.05, 0) is 13.0 Å². The van der Waals surface area contributed by atoms with Crippen molar-refractivity contribution >= 4 is 11.8 Å². The van der Waals surface area contributed by atoms with E-state index in [4.69, 9.17) is 4.74 Å². The van der Waals surface area contributed by atoms with E-state index in [9.17, 15) is 9.59 Å². The molecule has 1 atom stereocenters. The number of likely N-dealkylation sites (N-methyl/N-ethyl adjacent to an activating group) is 1. The average molecular weight is 355 g/mol. The van der Waals surface area contributed by atoms with Crippen molar-refractivity contribution in [3.63, 3.8) is 0 Å². The highest BCUT2D eigenvalue weighted by molar-refractivity contribution is 5.96. The highest BCUT2D eigenvalue weighted by atomic mass is 16.5. The van der Waals surface area contributed by atoms with Crippen molar-refractivity contribution in [3.05, 3.63) is 42.7 Å². The molecule has 0 saturated carbocycles. The second kappa shape index (κ2) is 7.17. The molecule has 136 valence electrons. The minimum absolute atomic E-state index is 0.164. The number of amides is 2. The first-order chi connectivity index (χ1) is 12.4. The lowest BCUT2D eigenvalue weighted by molar-refractivity contribution is -0.162. The molecular formula is C18H21N5O3. The van der Waals surface area contributed by atoms with E-state index in [2.05, 4.69) is 15.0 Å². The zero-order valence-electron chi connectivity index (χ0n) is 15.0. The lowest BCUT2D eigenvalue weighted by Gasteiger charge is -2.40. The first-order valence-corrected chi connectivity index (χ1v) is 8.26. The third kappa shape index (κ3) is 3.55. The fourth-order valence-corrected chi connectivity index (χ4v) is 2.99. The summed E-state index contributed by atoms with van der Waals surface area (Å²) >= 11 is 0. The van der Waals surface area contributed by atoms with Gasteiger partial charge in [0.2, 0.25) is 0 Å². The van der Waals surface area contributed by atoms with Crippen LogP contribution in [0.3, 0.4) is 0 Å². The second-order valence-electron chi connectivity index (χ2n) is 6.60. The van der Waals surface area contributed by atoms with Gasteiger partial charge >= 0.3 is 0 Å². The number of pyridine rings is 1. The van der Waals surface area contributed by atoms with Gasteiger partial charge in [-0.25, -0.2) is 9.97 Å². The Morgan fingerprint density at radius 1 is 1.12 bits per heavy atom. The molecule has 8 heteroatoms. The van der Waals surface area contributed by atoms with Crippen LogP contribution < -0.4 is 0 Å². The van der Waals surface area contributed by atoms with Crippen LogP contribution in [0.15, 0.2) is 37.2 Å². The van der Waals surface area contributed by atoms with Gasteiger partial charge in [0.1, 0.15) is 6.33 Å². The first kappa shape index (κ1) is 17.9. The van der Waals surface area contributed by atoms with Gasteiger partial charge in [0.05, 0.1) is 18.7 Å². The van der Waals surface area contributed by atoms with Crippen molar-refractivity contribution in [2.24, 2.45) is 0 Å². The molecule has 1 aliphatic heterocycles. The number of rotatable bonds is 3. The molecule has 8 nitrogen and oxygen atoms in total. The van der Waals surface area contributed by atoms with Gasteiger partial charge in [-0.2, -0.15) is 0 Å². The van der Waals surface area contributed by atoms with Gasteiger partial charge in [0.25, 0.3) is 11.8 Å². The predicted octanol–water partition coefficient (Wildman–Crippen LogP) is 0.858. The molecule has 0 unspecified atom stereocenters. The third-order valence-electron chi connectivity index (χ3n) is 4.30. The summed E-state index contributed by atoms with van der Waals surface area (Å²) in [6.07, 6.45) is 7.96. The van der Waals surface area contributed by atoms with Crippen molar-refractivity contribution < 1.29 is 14.3 Å². The number of ether oxygens (including phenoxy) is 1. The summed E-state index contributed by atoms with van der Waals surface area (Å²) in [5.41, 5.74) is 0.949. The van der Waals surface area contributed by atoms with Crippen LogP contribution in [0, 0.1) is 0 Å². The van der Waals surface area contributed by atoms with Gasteiger partial charge < -0.3 is 14.5 Å². The maximum atomic E-state index is 12.9. The maximum absolute atomic E-state index is 12.9. The first-order valence-electron chi connectivity index (χ1n) is 8.26. The Morgan fingerprint density at radius 2 is 1.81 bits per heavy atom. The normalized spacial score (nSPS) is 19.9. The van der Waals surface area contributed by atoms with Crippen molar-refractivity contribution in [1.82, 2.24) is 24.8 Å². The smallest absolute Gasteiger partial charge is 0.255 e. The van der Waals surface area contributed by atoms with E-state index in [0.29, 0.717) is 18.7 Å². The van der Waals surface area contributed by atoms with Gasteiger partial charge in [-0.15, -0.1) is 0 Å². The minimum Gasteiger partial charge on any atom is -0.362 e. The Bertz CT molecular complexity index is 811. The van der Waals surface area contributed by atoms with Crippen LogP contribution in [0.4, 0.5) is 0 Å². The monoisotopic (exact) mass is 355 g/mol. The molecule has 3 rings (SSSR count). The summed E-state index contributed by atoms with van der Waals surface area (Å²) in [6, 6.07) is 1.76. The highest BCUT2D eigenvalue weighted by Gasteiger charge is 2.41. The van der Waals surface area contributed by atoms with E-state index >= 15 is 0 Å². The van der Waals surface area contributed by atoms with E-state index in [0.717, 1.165) is 11.1 Å². The zero-order chi connectivity index (χ0) is 18.7. The molecule has 0 aromatic carbocycles. The van der Waals surface area contributed by atoms with Crippen molar-refractivity contribution in [2.45, 2.75) is 12.5 Å². The molecule has 2 amide bonds. The SMILES string of the molecule is CN(C)C(=O)[C@@]1(C)CN(C(=O)c2cncc(-c3cncnc3)c2)CCO1. The van der Waals surface area contributed by atoms with E-state index in [1.165, 1.54) is 17.4 Å². The number of hydrogen-bond donors (Lipinski definition) is 0. The number of nitrogens with zero attached hydrogens (tertiary/aromatic N) is 5. The second-order valence-corrected chi connectivity index (χ2v) is 6.60. The molecule has 0 bridgehead atoms. The van der Waals surface area contributed by atoms with Crippen LogP contribution in [0.1, 0.15) is 17.3 Å². The topological polar surface area (TPSA) is 88.5 Å². The fraction of sp³-hybridized carbons (Fsp3) is 0.389. The Balaban J connectivity index is 1.82. The Labute approximate surface area is 151 Å². The molecule has 0 aliphatic carbocycles.